The average molecular weight is 362 g/mol. The Kier molecular flexibility index (Phi) is 5.27. The van der Waals surface area contributed by atoms with Gasteiger partial charge in [0.1, 0.15) is 0 Å². The minimum atomic E-state index is -3.40. The first-order chi connectivity index (χ1) is 11.9. The number of aromatic nitrogens is 2. The third kappa shape index (κ3) is 3.94. The lowest BCUT2D eigenvalue weighted by molar-refractivity contribution is 0.181. The Balaban J connectivity index is 1.63. The van der Waals surface area contributed by atoms with Crippen LogP contribution in [0.25, 0.3) is 0 Å². The van der Waals surface area contributed by atoms with E-state index in [-0.39, 0.29) is 0 Å². The highest BCUT2D eigenvalue weighted by molar-refractivity contribution is 7.89. The van der Waals surface area contributed by atoms with Crippen LogP contribution in [-0.2, 0) is 30.0 Å². The van der Waals surface area contributed by atoms with Gasteiger partial charge >= 0.3 is 0 Å². The predicted octanol–water partition coefficient (Wildman–Crippen LogP) is 1.80. The number of hydrogen-bond acceptors (Lipinski definition) is 4. The van der Waals surface area contributed by atoms with Crippen molar-refractivity contribution in [2.24, 2.45) is 7.05 Å². The lowest BCUT2D eigenvalue weighted by Gasteiger charge is -2.33. The van der Waals surface area contributed by atoms with E-state index in [2.05, 4.69) is 16.9 Å². The fourth-order valence-electron chi connectivity index (χ4n) is 3.22. The number of piperazine rings is 1. The van der Waals surface area contributed by atoms with Crippen LogP contribution in [0.1, 0.15) is 23.7 Å². The summed E-state index contributed by atoms with van der Waals surface area (Å²) in [5.74, 6) is 0. The molecule has 0 unspecified atom stereocenters. The van der Waals surface area contributed by atoms with Crippen molar-refractivity contribution in [3.8, 4) is 0 Å². The maximum atomic E-state index is 12.8. The van der Waals surface area contributed by atoms with Crippen molar-refractivity contribution in [3.05, 3.63) is 47.3 Å². The Bertz CT molecular complexity index is 819. The molecule has 6 nitrogen and oxygen atoms in total. The van der Waals surface area contributed by atoms with Gasteiger partial charge in [-0.2, -0.15) is 9.40 Å². The quantitative estimate of drug-likeness (QED) is 0.814. The van der Waals surface area contributed by atoms with E-state index in [1.807, 2.05) is 37.0 Å². The van der Waals surface area contributed by atoms with Crippen molar-refractivity contribution >= 4 is 10.0 Å². The van der Waals surface area contributed by atoms with Crippen LogP contribution in [0.4, 0.5) is 0 Å². The molecule has 1 fully saturated rings. The molecule has 0 saturated carbocycles. The first-order valence-corrected chi connectivity index (χ1v) is 10.1. The van der Waals surface area contributed by atoms with Gasteiger partial charge in [-0.1, -0.05) is 19.1 Å². The summed E-state index contributed by atoms with van der Waals surface area (Å²) in [6.07, 6.45) is 2.94. The minimum Gasteiger partial charge on any atom is -0.296 e. The van der Waals surface area contributed by atoms with Gasteiger partial charge in [0.2, 0.25) is 10.0 Å². The summed E-state index contributed by atoms with van der Waals surface area (Å²) in [5.41, 5.74) is 3.39. The number of rotatable bonds is 5. The molecule has 0 amide bonds. The molecule has 1 aliphatic heterocycles. The molecular weight excluding hydrogens is 336 g/mol. The highest BCUT2D eigenvalue weighted by Gasteiger charge is 2.28. The van der Waals surface area contributed by atoms with Crippen molar-refractivity contribution in [2.45, 2.75) is 31.7 Å². The molecule has 3 rings (SSSR count). The summed E-state index contributed by atoms with van der Waals surface area (Å²) in [4.78, 5) is 2.68. The molecule has 1 aromatic heterocycles. The number of hydrogen-bond donors (Lipinski definition) is 0. The van der Waals surface area contributed by atoms with Gasteiger partial charge in [0.25, 0.3) is 0 Å². The second-order valence-corrected chi connectivity index (χ2v) is 8.53. The Hall–Kier alpha value is -1.70. The van der Waals surface area contributed by atoms with E-state index >= 15 is 0 Å². The molecule has 1 aromatic carbocycles. The minimum absolute atomic E-state index is 0.390. The van der Waals surface area contributed by atoms with E-state index in [0.29, 0.717) is 18.0 Å². The third-order valence-corrected chi connectivity index (χ3v) is 6.72. The fourth-order valence-corrected chi connectivity index (χ4v) is 4.64. The summed E-state index contributed by atoms with van der Waals surface area (Å²) >= 11 is 0. The highest BCUT2D eigenvalue weighted by atomic mass is 32.2. The molecule has 0 atom stereocenters. The molecule has 1 saturated heterocycles. The second-order valence-electron chi connectivity index (χ2n) is 6.59. The molecule has 0 bridgehead atoms. The van der Waals surface area contributed by atoms with Gasteiger partial charge in [0, 0.05) is 51.5 Å². The molecule has 2 aromatic rings. The summed E-state index contributed by atoms with van der Waals surface area (Å²) in [6.45, 7) is 7.41. The summed E-state index contributed by atoms with van der Waals surface area (Å²) in [5, 5.41) is 4.37. The lowest BCUT2D eigenvalue weighted by atomic mass is 10.2. The monoisotopic (exact) mass is 362 g/mol. The standard InChI is InChI=1S/C18H26N4O2S/c1-4-16-5-7-18(8-6-16)25(23,24)22-11-9-21(10-12-22)14-17-13-20(3)19-15(17)2/h5-8,13H,4,9-12,14H2,1-3H3. The van der Waals surface area contributed by atoms with Gasteiger partial charge < -0.3 is 0 Å². The molecule has 0 spiro atoms. The molecular formula is C18H26N4O2S. The molecule has 0 aliphatic carbocycles. The Morgan fingerprint density at radius 1 is 1.08 bits per heavy atom. The van der Waals surface area contributed by atoms with Crippen LogP contribution in [-0.4, -0.2) is 53.6 Å². The van der Waals surface area contributed by atoms with E-state index in [9.17, 15) is 8.42 Å². The number of benzene rings is 1. The topological polar surface area (TPSA) is 58.4 Å². The zero-order valence-electron chi connectivity index (χ0n) is 15.1. The Morgan fingerprint density at radius 3 is 2.24 bits per heavy atom. The lowest BCUT2D eigenvalue weighted by Crippen LogP contribution is -2.48. The molecule has 0 radical (unpaired) electrons. The first kappa shape index (κ1) is 18.1. The van der Waals surface area contributed by atoms with Crippen molar-refractivity contribution in [2.75, 3.05) is 26.2 Å². The molecule has 1 aliphatic rings. The molecule has 25 heavy (non-hydrogen) atoms. The van der Waals surface area contributed by atoms with Crippen molar-refractivity contribution < 1.29 is 8.42 Å². The number of aryl methyl sites for hydroxylation is 3. The van der Waals surface area contributed by atoms with Gasteiger partial charge in [-0.25, -0.2) is 8.42 Å². The molecule has 2 heterocycles. The van der Waals surface area contributed by atoms with E-state index in [1.165, 1.54) is 5.56 Å². The van der Waals surface area contributed by atoms with Crippen LogP contribution in [0.3, 0.4) is 0 Å². The second kappa shape index (κ2) is 7.27. The van der Waals surface area contributed by atoms with Crippen LogP contribution in [0.2, 0.25) is 0 Å². The van der Waals surface area contributed by atoms with E-state index in [0.717, 1.165) is 37.3 Å². The normalized spacial score (nSPS) is 17.1. The SMILES string of the molecule is CCc1ccc(S(=O)(=O)N2CCN(Cc3cn(C)nc3C)CC2)cc1. The first-order valence-electron chi connectivity index (χ1n) is 8.70. The molecule has 136 valence electrons. The summed E-state index contributed by atoms with van der Waals surface area (Å²) in [7, 11) is -1.48. The van der Waals surface area contributed by atoms with Crippen LogP contribution in [0, 0.1) is 6.92 Å². The predicted molar refractivity (Wildman–Crippen MR) is 97.8 cm³/mol. The fraction of sp³-hybridized carbons (Fsp3) is 0.500. The summed E-state index contributed by atoms with van der Waals surface area (Å²) in [6, 6.07) is 7.24. The van der Waals surface area contributed by atoms with E-state index < -0.39 is 10.0 Å². The van der Waals surface area contributed by atoms with Crippen molar-refractivity contribution in [1.29, 1.82) is 0 Å². The average Bonchev–Trinajstić information content (AvgIpc) is 2.92. The van der Waals surface area contributed by atoms with Gasteiger partial charge in [-0.3, -0.25) is 9.58 Å². The van der Waals surface area contributed by atoms with Gasteiger partial charge in [0.15, 0.2) is 0 Å². The van der Waals surface area contributed by atoms with Crippen LogP contribution < -0.4 is 0 Å². The van der Waals surface area contributed by atoms with E-state index in [1.54, 1.807) is 16.4 Å². The summed E-state index contributed by atoms with van der Waals surface area (Å²) < 4.78 is 29.0. The van der Waals surface area contributed by atoms with Crippen LogP contribution in [0.5, 0.6) is 0 Å². The molecule has 7 heteroatoms. The zero-order chi connectivity index (χ0) is 18.0. The van der Waals surface area contributed by atoms with Crippen molar-refractivity contribution in [1.82, 2.24) is 19.0 Å². The van der Waals surface area contributed by atoms with E-state index in [4.69, 9.17) is 0 Å². The zero-order valence-corrected chi connectivity index (χ0v) is 16.0. The van der Waals surface area contributed by atoms with Crippen LogP contribution >= 0.6 is 0 Å². The molecule has 0 N–H and O–H groups in total. The van der Waals surface area contributed by atoms with Gasteiger partial charge in [0.05, 0.1) is 10.6 Å². The number of nitrogens with zero attached hydrogens (tertiary/aromatic N) is 4. The smallest absolute Gasteiger partial charge is 0.243 e. The Morgan fingerprint density at radius 2 is 1.72 bits per heavy atom. The largest absolute Gasteiger partial charge is 0.296 e. The van der Waals surface area contributed by atoms with Crippen molar-refractivity contribution in [3.63, 3.8) is 0 Å². The highest BCUT2D eigenvalue weighted by Crippen LogP contribution is 2.19. The van der Waals surface area contributed by atoms with Crippen LogP contribution in [0.15, 0.2) is 35.4 Å². The van der Waals surface area contributed by atoms with Gasteiger partial charge in [-0.15, -0.1) is 0 Å². The van der Waals surface area contributed by atoms with Gasteiger partial charge in [-0.05, 0) is 31.0 Å². The third-order valence-electron chi connectivity index (χ3n) is 4.81. The Labute approximate surface area is 150 Å². The maximum Gasteiger partial charge on any atom is 0.243 e. The maximum absolute atomic E-state index is 12.8. The number of sulfonamides is 1.